The molecule has 2 fully saturated rings. The summed E-state index contributed by atoms with van der Waals surface area (Å²) in [6, 6.07) is 0. The Bertz CT molecular complexity index is 286. The van der Waals surface area contributed by atoms with E-state index in [2.05, 4.69) is 11.8 Å². The Balaban J connectivity index is 1.74. The first-order valence-corrected chi connectivity index (χ1v) is 7.53. The SMILES string of the molecule is C[C@@H]1CN(C[C@H](O)COC(C)(C)C)C[C@H](C2CC2)O1. The van der Waals surface area contributed by atoms with Crippen LogP contribution in [0.15, 0.2) is 0 Å². The van der Waals surface area contributed by atoms with Gasteiger partial charge in [0.2, 0.25) is 0 Å². The van der Waals surface area contributed by atoms with E-state index < -0.39 is 6.10 Å². The number of ether oxygens (including phenoxy) is 2. The van der Waals surface area contributed by atoms with Crippen LogP contribution in [-0.4, -0.2) is 60.2 Å². The molecule has 0 radical (unpaired) electrons. The van der Waals surface area contributed by atoms with Crippen molar-refractivity contribution in [3.8, 4) is 0 Å². The number of rotatable bonds is 5. The Morgan fingerprint density at radius 2 is 2.00 bits per heavy atom. The molecule has 0 amide bonds. The van der Waals surface area contributed by atoms with Gasteiger partial charge in [0, 0.05) is 19.6 Å². The Hall–Kier alpha value is -0.160. The van der Waals surface area contributed by atoms with Crippen LogP contribution >= 0.6 is 0 Å². The van der Waals surface area contributed by atoms with E-state index in [0.717, 1.165) is 19.0 Å². The number of nitrogens with zero attached hydrogens (tertiary/aromatic N) is 1. The van der Waals surface area contributed by atoms with Gasteiger partial charge in [-0.05, 0) is 46.5 Å². The second-order valence-corrected chi connectivity index (χ2v) is 7.12. The summed E-state index contributed by atoms with van der Waals surface area (Å²) >= 11 is 0. The molecule has 2 rings (SSSR count). The molecule has 1 saturated heterocycles. The minimum absolute atomic E-state index is 0.185. The van der Waals surface area contributed by atoms with Crippen LogP contribution in [0.25, 0.3) is 0 Å². The van der Waals surface area contributed by atoms with Crippen molar-refractivity contribution < 1.29 is 14.6 Å². The van der Waals surface area contributed by atoms with Gasteiger partial charge < -0.3 is 14.6 Å². The molecule has 4 nitrogen and oxygen atoms in total. The molecular formula is C15H29NO3. The maximum atomic E-state index is 10.1. The number of aliphatic hydroxyl groups is 1. The summed E-state index contributed by atoms with van der Waals surface area (Å²) in [5.41, 5.74) is -0.185. The lowest BCUT2D eigenvalue weighted by atomic mass is 10.1. The van der Waals surface area contributed by atoms with Gasteiger partial charge >= 0.3 is 0 Å². The summed E-state index contributed by atoms with van der Waals surface area (Å²) in [4.78, 5) is 2.33. The van der Waals surface area contributed by atoms with E-state index in [1.54, 1.807) is 0 Å². The standard InChI is InChI=1S/C15H29NO3/c1-11-7-16(9-14(19-11)12-5-6-12)8-13(17)10-18-15(2,3)4/h11-14,17H,5-10H2,1-4H3/t11-,13+,14-/m1/s1. The summed E-state index contributed by atoms with van der Waals surface area (Å²) < 4.78 is 11.6. The molecule has 0 bridgehead atoms. The Morgan fingerprint density at radius 3 is 2.58 bits per heavy atom. The van der Waals surface area contributed by atoms with E-state index in [1.807, 2.05) is 20.8 Å². The molecule has 4 heteroatoms. The number of hydrogen-bond donors (Lipinski definition) is 1. The molecule has 112 valence electrons. The van der Waals surface area contributed by atoms with Crippen molar-refractivity contribution in [3.05, 3.63) is 0 Å². The molecule has 0 aromatic heterocycles. The fourth-order valence-corrected chi connectivity index (χ4v) is 2.65. The van der Waals surface area contributed by atoms with E-state index in [1.165, 1.54) is 12.8 Å². The van der Waals surface area contributed by atoms with Crippen LogP contribution in [0.4, 0.5) is 0 Å². The fraction of sp³-hybridized carbons (Fsp3) is 1.00. The zero-order valence-electron chi connectivity index (χ0n) is 12.8. The predicted molar refractivity (Wildman–Crippen MR) is 75.2 cm³/mol. The van der Waals surface area contributed by atoms with Crippen LogP contribution in [0, 0.1) is 5.92 Å². The van der Waals surface area contributed by atoms with Gasteiger partial charge in [-0.2, -0.15) is 0 Å². The molecule has 19 heavy (non-hydrogen) atoms. The molecule has 1 N–H and O–H groups in total. The topological polar surface area (TPSA) is 41.9 Å². The van der Waals surface area contributed by atoms with Crippen molar-refractivity contribution in [2.75, 3.05) is 26.2 Å². The van der Waals surface area contributed by atoms with E-state index in [4.69, 9.17) is 9.47 Å². The second kappa shape index (κ2) is 6.08. The third-order valence-corrected chi connectivity index (χ3v) is 3.69. The molecule has 3 atom stereocenters. The van der Waals surface area contributed by atoms with E-state index in [-0.39, 0.29) is 11.7 Å². The van der Waals surface area contributed by atoms with Crippen LogP contribution in [0.3, 0.4) is 0 Å². The van der Waals surface area contributed by atoms with Crippen LogP contribution in [-0.2, 0) is 9.47 Å². The molecule has 2 aliphatic rings. The maximum absolute atomic E-state index is 10.1. The van der Waals surface area contributed by atoms with Crippen molar-refractivity contribution in [2.24, 2.45) is 5.92 Å². The van der Waals surface area contributed by atoms with Gasteiger partial charge in [0.25, 0.3) is 0 Å². The van der Waals surface area contributed by atoms with Crippen LogP contribution in [0.2, 0.25) is 0 Å². The van der Waals surface area contributed by atoms with Gasteiger partial charge in [0.15, 0.2) is 0 Å². The second-order valence-electron chi connectivity index (χ2n) is 7.12. The monoisotopic (exact) mass is 271 g/mol. The molecule has 0 aromatic rings. The number of morpholine rings is 1. The van der Waals surface area contributed by atoms with Gasteiger partial charge in [-0.25, -0.2) is 0 Å². The van der Waals surface area contributed by atoms with Crippen molar-refractivity contribution in [1.29, 1.82) is 0 Å². The van der Waals surface area contributed by atoms with Crippen molar-refractivity contribution >= 4 is 0 Å². The first-order chi connectivity index (χ1) is 8.83. The molecule has 0 spiro atoms. The zero-order chi connectivity index (χ0) is 14.0. The van der Waals surface area contributed by atoms with Crippen LogP contribution in [0.1, 0.15) is 40.5 Å². The quantitative estimate of drug-likeness (QED) is 0.826. The number of hydrogen-bond acceptors (Lipinski definition) is 4. The minimum atomic E-state index is -0.413. The highest BCUT2D eigenvalue weighted by atomic mass is 16.5. The number of aliphatic hydroxyl groups excluding tert-OH is 1. The van der Waals surface area contributed by atoms with Crippen LogP contribution < -0.4 is 0 Å². The van der Waals surface area contributed by atoms with Gasteiger partial charge in [-0.1, -0.05) is 0 Å². The van der Waals surface area contributed by atoms with Crippen LogP contribution in [0.5, 0.6) is 0 Å². The van der Waals surface area contributed by atoms with E-state index >= 15 is 0 Å². The number of β-amino-alcohol motifs (C(OH)–C–C–N with tert-alkyl or cyclic N) is 1. The van der Waals surface area contributed by atoms with Crippen molar-refractivity contribution in [3.63, 3.8) is 0 Å². The average molecular weight is 271 g/mol. The smallest absolute Gasteiger partial charge is 0.0900 e. The summed E-state index contributed by atoms with van der Waals surface area (Å²) in [7, 11) is 0. The lowest BCUT2D eigenvalue weighted by molar-refractivity contribution is -0.104. The van der Waals surface area contributed by atoms with E-state index in [0.29, 0.717) is 19.3 Å². The molecule has 0 aromatic carbocycles. The van der Waals surface area contributed by atoms with Crippen molar-refractivity contribution in [2.45, 2.75) is 64.4 Å². The molecular weight excluding hydrogens is 242 g/mol. The summed E-state index contributed by atoms with van der Waals surface area (Å²) in [5, 5.41) is 10.1. The van der Waals surface area contributed by atoms with Crippen molar-refractivity contribution in [1.82, 2.24) is 4.90 Å². The van der Waals surface area contributed by atoms with E-state index in [9.17, 15) is 5.11 Å². The first-order valence-electron chi connectivity index (χ1n) is 7.53. The summed E-state index contributed by atoms with van der Waals surface area (Å²) in [6.07, 6.45) is 2.85. The predicted octanol–water partition coefficient (Wildman–Crippen LogP) is 1.66. The lowest BCUT2D eigenvalue weighted by Crippen LogP contribution is -2.50. The third kappa shape index (κ3) is 5.38. The summed E-state index contributed by atoms with van der Waals surface area (Å²) in [6.45, 7) is 11.1. The highest BCUT2D eigenvalue weighted by Crippen LogP contribution is 2.36. The molecule has 1 aliphatic carbocycles. The Kier molecular flexibility index (Phi) is 4.88. The van der Waals surface area contributed by atoms with Gasteiger partial charge in [-0.3, -0.25) is 4.90 Å². The highest BCUT2D eigenvalue weighted by Gasteiger charge is 2.37. The average Bonchev–Trinajstić information content (AvgIpc) is 3.08. The maximum Gasteiger partial charge on any atom is 0.0900 e. The fourth-order valence-electron chi connectivity index (χ4n) is 2.65. The molecule has 1 saturated carbocycles. The van der Waals surface area contributed by atoms with Gasteiger partial charge in [0.1, 0.15) is 0 Å². The molecule has 1 heterocycles. The largest absolute Gasteiger partial charge is 0.389 e. The van der Waals surface area contributed by atoms with Gasteiger partial charge in [-0.15, -0.1) is 0 Å². The third-order valence-electron chi connectivity index (χ3n) is 3.69. The normalized spacial score (nSPS) is 31.4. The Morgan fingerprint density at radius 1 is 1.32 bits per heavy atom. The molecule has 0 unspecified atom stereocenters. The highest BCUT2D eigenvalue weighted by molar-refractivity contribution is 4.88. The first kappa shape index (κ1) is 15.2. The minimum Gasteiger partial charge on any atom is -0.389 e. The zero-order valence-corrected chi connectivity index (χ0v) is 12.8. The Labute approximate surface area is 117 Å². The lowest BCUT2D eigenvalue weighted by Gasteiger charge is -2.38. The van der Waals surface area contributed by atoms with Gasteiger partial charge in [0.05, 0.1) is 30.5 Å². The molecule has 1 aliphatic heterocycles. The summed E-state index contributed by atoms with van der Waals surface area (Å²) in [5.74, 6) is 0.758.